The predicted octanol–water partition coefficient (Wildman–Crippen LogP) is 3.80. The molecular weight excluding hydrogens is 406 g/mol. The van der Waals surface area contributed by atoms with Crippen molar-refractivity contribution in [3.63, 3.8) is 0 Å². The van der Waals surface area contributed by atoms with E-state index >= 15 is 0 Å². The lowest BCUT2D eigenvalue weighted by Crippen LogP contribution is -2.35. The number of hydrogen-bond donors (Lipinski definition) is 1. The maximum Gasteiger partial charge on any atom is 0.278 e. The molecule has 4 rings (SSSR count). The highest BCUT2D eigenvalue weighted by Crippen LogP contribution is 2.25. The third kappa shape index (κ3) is 3.64. The van der Waals surface area contributed by atoms with Crippen molar-refractivity contribution < 1.29 is 9.53 Å². The summed E-state index contributed by atoms with van der Waals surface area (Å²) in [5, 5.41) is 12.4. The second-order valence-corrected chi connectivity index (χ2v) is 7.51. The van der Waals surface area contributed by atoms with Crippen LogP contribution in [0.3, 0.4) is 0 Å². The summed E-state index contributed by atoms with van der Waals surface area (Å²) >= 11 is 0. The highest BCUT2D eigenvalue weighted by atomic mass is 16.5. The summed E-state index contributed by atoms with van der Waals surface area (Å²) < 4.78 is 8.32. The van der Waals surface area contributed by atoms with Crippen LogP contribution in [0.25, 0.3) is 16.6 Å². The number of rotatable bonds is 6. The minimum atomic E-state index is -0.782. The first-order valence-electron chi connectivity index (χ1n) is 10.4. The molecule has 0 aliphatic carbocycles. The summed E-state index contributed by atoms with van der Waals surface area (Å²) in [5.41, 5.74) is 2.88. The van der Waals surface area contributed by atoms with E-state index in [1.165, 1.54) is 4.68 Å². The van der Waals surface area contributed by atoms with E-state index in [0.717, 1.165) is 5.69 Å². The van der Waals surface area contributed by atoms with Gasteiger partial charge in [-0.3, -0.25) is 9.59 Å². The van der Waals surface area contributed by atoms with Crippen molar-refractivity contribution >= 4 is 22.5 Å². The van der Waals surface area contributed by atoms with Crippen LogP contribution in [0.4, 0.5) is 5.69 Å². The molecule has 0 bridgehead atoms. The Morgan fingerprint density at radius 3 is 2.44 bits per heavy atom. The number of hydrogen-bond acceptors (Lipinski definition) is 5. The minimum absolute atomic E-state index is 0.335. The van der Waals surface area contributed by atoms with Gasteiger partial charge in [0.05, 0.1) is 35.3 Å². The number of carbonyl (C=O) groups excluding carboxylic acids is 1. The molecule has 0 saturated heterocycles. The second kappa shape index (κ2) is 8.66. The van der Waals surface area contributed by atoms with E-state index in [9.17, 15) is 9.59 Å². The summed E-state index contributed by atoms with van der Waals surface area (Å²) in [6.07, 6.45) is 0.394. The van der Waals surface area contributed by atoms with Crippen LogP contribution in [0.2, 0.25) is 0 Å². The highest BCUT2D eigenvalue weighted by Gasteiger charge is 2.26. The highest BCUT2D eigenvalue weighted by molar-refractivity contribution is 5.95. The number of nitrogens with zero attached hydrogens (tertiary/aromatic N) is 4. The van der Waals surface area contributed by atoms with E-state index < -0.39 is 6.04 Å². The van der Waals surface area contributed by atoms with Gasteiger partial charge in [-0.2, -0.15) is 10.2 Å². The molecule has 0 radical (unpaired) electrons. The van der Waals surface area contributed by atoms with Gasteiger partial charge < -0.3 is 10.1 Å². The number of aromatic nitrogens is 4. The van der Waals surface area contributed by atoms with Gasteiger partial charge in [-0.05, 0) is 44.5 Å². The first-order valence-corrected chi connectivity index (χ1v) is 10.4. The summed E-state index contributed by atoms with van der Waals surface area (Å²) in [5.74, 6) is 0.209. The summed E-state index contributed by atoms with van der Waals surface area (Å²) in [7, 11) is 1.54. The van der Waals surface area contributed by atoms with Crippen molar-refractivity contribution in [3.05, 3.63) is 76.3 Å². The largest absolute Gasteiger partial charge is 0.495 e. The molecule has 0 aliphatic rings. The lowest BCUT2D eigenvalue weighted by atomic mass is 10.1. The number of carbonyl (C=O) groups is 1. The average molecular weight is 431 g/mol. The molecule has 0 spiro atoms. The van der Waals surface area contributed by atoms with Crippen molar-refractivity contribution in [3.8, 4) is 11.4 Å². The number of aryl methyl sites for hydroxylation is 2. The molecule has 0 aliphatic heterocycles. The fraction of sp³-hybridized carbons (Fsp3) is 0.250. The number of anilines is 1. The van der Waals surface area contributed by atoms with Gasteiger partial charge in [-0.1, -0.05) is 37.3 Å². The van der Waals surface area contributed by atoms with Gasteiger partial charge in [0, 0.05) is 0 Å². The Kier molecular flexibility index (Phi) is 5.77. The van der Waals surface area contributed by atoms with Gasteiger partial charge in [-0.25, -0.2) is 9.36 Å². The van der Waals surface area contributed by atoms with Crippen LogP contribution in [0.15, 0.2) is 59.4 Å². The topological polar surface area (TPSA) is 91.0 Å². The van der Waals surface area contributed by atoms with Gasteiger partial charge in [0.1, 0.15) is 17.3 Å². The zero-order chi connectivity index (χ0) is 22.8. The molecule has 8 nitrogen and oxygen atoms in total. The molecular formula is C24H25N5O3. The van der Waals surface area contributed by atoms with E-state index in [4.69, 9.17) is 4.74 Å². The van der Waals surface area contributed by atoms with Crippen LogP contribution in [-0.4, -0.2) is 32.6 Å². The Labute approximate surface area is 185 Å². The zero-order valence-electron chi connectivity index (χ0n) is 18.5. The quantitative estimate of drug-likeness (QED) is 0.501. The molecule has 1 amide bonds. The Morgan fingerprint density at radius 1 is 1.06 bits per heavy atom. The molecule has 32 heavy (non-hydrogen) atoms. The third-order valence-electron chi connectivity index (χ3n) is 5.49. The summed E-state index contributed by atoms with van der Waals surface area (Å²) in [4.78, 5) is 26.6. The van der Waals surface area contributed by atoms with Crippen molar-refractivity contribution in [2.45, 2.75) is 33.2 Å². The average Bonchev–Trinajstić information content (AvgIpc) is 3.16. The number of benzene rings is 2. The molecule has 0 fully saturated rings. The normalized spacial score (nSPS) is 12.0. The van der Waals surface area contributed by atoms with Crippen molar-refractivity contribution in [1.29, 1.82) is 0 Å². The second-order valence-electron chi connectivity index (χ2n) is 7.51. The van der Waals surface area contributed by atoms with Gasteiger partial charge in [0.15, 0.2) is 0 Å². The SMILES string of the molecule is CCC(C(=O)Nc1ccccc1OC)n1nc(C)c2nn(-c3ccccc3)c(C)c2c1=O. The summed E-state index contributed by atoms with van der Waals surface area (Å²) in [6.45, 7) is 5.49. The molecule has 1 N–H and O–H groups in total. The molecule has 1 atom stereocenters. The third-order valence-corrected chi connectivity index (χ3v) is 5.49. The Morgan fingerprint density at radius 2 is 1.75 bits per heavy atom. The summed E-state index contributed by atoms with van der Waals surface area (Å²) in [6, 6.07) is 16.0. The first-order chi connectivity index (χ1) is 15.5. The van der Waals surface area contributed by atoms with Crippen molar-refractivity contribution in [2.24, 2.45) is 0 Å². The van der Waals surface area contributed by atoms with E-state index in [-0.39, 0.29) is 11.5 Å². The maximum atomic E-state index is 13.5. The van der Waals surface area contributed by atoms with Crippen LogP contribution in [0.5, 0.6) is 5.75 Å². The van der Waals surface area contributed by atoms with Crippen LogP contribution < -0.4 is 15.6 Å². The number of nitrogens with one attached hydrogen (secondary N) is 1. The lowest BCUT2D eigenvalue weighted by Gasteiger charge is -2.18. The van der Waals surface area contributed by atoms with E-state index in [0.29, 0.717) is 40.1 Å². The molecule has 1 unspecified atom stereocenters. The number of methoxy groups -OCH3 is 1. The standard InChI is InChI=1S/C24H25N5O3/c1-5-19(23(30)25-18-13-9-10-14-20(18)32-4)29-24(31)21-16(3)28(17-11-7-6-8-12-17)27-22(21)15(2)26-29/h6-14,19H,5H2,1-4H3,(H,25,30). The predicted molar refractivity (Wildman–Crippen MR) is 124 cm³/mol. The fourth-order valence-corrected chi connectivity index (χ4v) is 3.85. The first kappa shape index (κ1) is 21.3. The Hall–Kier alpha value is -3.94. The monoisotopic (exact) mass is 431 g/mol. The minimum Gasteiger partial charge on any atom is -0.495 e. The Balaban J connectivity index is 1.79. The van der Waals surface area contributed by atoms with Crippen LogP contribution >= 0.6 is 0 Å². The molecule has 164 valence electrons. The number of fused-ring (bicyclic) bond motifs is 1. The number of para-hydroxylation sites is 3. The number of ether oxygens (including phenoxy) is 1. The smallest absolute Gasteiger partial charge is 0.278 e. The maximum absolute atomic E-state index is 13.5. The van der Waals surface area contributed by atoms with Gasteiger partial charge >= 0.3 is 0 Å². The molecule has 2 heterocycles. The molecule has 0 saturated carbocycles. The van der Waals surface area contributed by atoms with Gasteiger partial charge in [0.2, 0.25) is 5.91 Å². The Bertz CT molecular complexity index is 1340. The van der Waals surface area contributed by atoms with Crippen molar-refractivity contribution in [2.75, 3.05) is 12.4 Å². The van der Waals surface area contributed by atoms with E-state index in [1.54, 1.807) is 36.9 Å². The lowest BCUT2D eigenvalue weighted by molar-refractivity contribution is -0.119. The zero-order valence-corrected chi connectivity index (χ0v) is 18.5. The van der Waals surface area contributed by atoms with E-state index in [2.05, 4.69) is 15.5 Å². The van der Waals surface area contributed by atoms with Crippen LogP contribution in [-0.2, 0) is 4.79 Å². The van der Waals surface area contributed by atoms with E-state index in [1.807, 2.05) is 50.2 Å². The van der Waals surface area contributed by atoms with Crippen LogP contribution in [0.1, 0.15) is 30.8 Å². The van der Waals surface area contributed by atoms with Gasteiger partial charge in [-0.15, -0.1) is 0 Å². The molecule has 4 aromatic rings. The number of amides is 1. The molecule has 8 heteroatoms. The molecule has 2 aromatic carbocycles. The molecule has 2 aromatic heterocycles. The van der Waals surface area contributed by atoms with Crippen molar-refractivity contribution in [1.82, 2.24) is 19.6 Å². The fourth-order valence-electron chi connectivity index (χ4n) is 3.85. The van der Waals surface area contributed by atoms with Gasteiger partial charge in [0.25, 0.3) is 5.56 Å². The van der Waals surface area contributed by atoms with Crippen LogP contribution in [0, 0.1) is 13.8 Å².